The maximum atomic E-state index is 11.0. The largest absolute Gasteiger partial charge is 0.460 e. The molecule has 4 bridgehead atoms. The van der Waals surface area contributed by atoms with E-state index in [1.165, 1.54) is 19.8 Å². The highest BCUT2D eigenvalue weighted by Crippen LogP contribution is 2.43. The third-order valence-corrected chi connectivity index (χ3v) is 4.09. The number of hydrogen-bond acceptors (Lipinski definition) is 4. The first-order valence-corrected chi connectivity index (χ1v) is 5.71. The van der Waals surface area contributed by atoms with Crippen LogP contribution in [0.2, 0.25) is 0 Å². The van der Waals surface area contributed by atoms with E-state index < -0.39 is 0 Å². The zero-order valence-corrected chi connectivity index (χ0v) is 9.18. The van der Waals surface area contributed by atoms with Crippen LogP contribution in [-0.2, 0) is 14.3 Å². The minimum atomic E-state index is -0.185. The summed E-state index contributed by atoms with van der Waals surface area (Å²) in [6.07, 6.45) is 3.77. The summed E-state index contributed by atoms with van der Waals surface area (Å²) in [5, 5.41) is 0. The molecule has 0 spiro atoms. The van der Waals surface area contributed by atoms with E-state index in [-0.39, 0.29) is 18.2 Å². The van der Waals surface area contributed by atoms with Crippen LogP contribution in [0.1, 0.15) is 26.2 Å². The molecule has 4 heteroatoms. The first-order chi connectivity index (χ1) is 7.16. The van der Waals surface area contributed by atoms with Crippen molar-refractivity contribution in [2.24, 2.45) is 0 Å². The number of carbonyl (C=O) groups is 1. The van der Waals surface area contributed by atoms with Gasteiger partial charge in [0, 0.05) is 25.4 Å². The molecule has 4 nitrogen and oxygen atoms in total. The topological polar surface area (TPSA) is 38.8 Å². The maximum absolute atomic E-state index is 11.0. The molecule has 15 heavy (non-hydrogen) atoms. The van der Waals surface area contributed by atoms with Gasteiger partial charge in [0.25, 0.3) is 0 Å². The van der Waals surface area contributed by atoms with Gasteiger partial charge in [-0.3, -0.25) is 9.69 Å². The summed E-state index contributed by atoms with van der Waals surface area (Å²) < 4.78 is 11.3. The molecule has 5 fully saturated rings. The van der Waals surface area contributed by atoms with Gasteiger partial charge in [0.1, 0.15) is 12.2 Å². The zero-order valence-electron chi connectivity index (χ0n) is 9.18. The molecule has 5 atom stereocenters. The van der Waals surface area contributed by atoms with Gasteiger partial charge in [0.15, 0.2) is 0 Å². The lowest BCUT2D eigenvalue weighted by Gasteiger charge is -2.59. The van der Waals surface area contributed by atoms with E-state index in [1.54, 1.807) is 0 Å². The van der Waals surface area contributed by atoms with Crippen LogP contribution in [-0.4, -0.2) is 48.3 Å². The van der Waals surface area contributed by atoms with Crippen molar-refractivity contribution in [2.75, 3.05) is 7.05 Å². The lowest BCUT2D eigenvalue weighted by Crippen LogP contribution is -2.71. The number of ether oxygens (including phenoxy) is 2. The SMILES string of the molecule is CC(=O)OC1CC2C3CCC(C1O3)N2C. The highest BCUT2D eigenvalue weighted by Gasteiger charge is 2.55. The third-order valence-electron chi connectivity index (χ3n) is 4.09. The molecular weight excluding hydrogens is 194 g/mol. The highest BCUT2D eigenvalue weighted by molar-refractivity contribution is 5.66. The van der Waals surface area contributed by atoms with Crippen LogP contribution in [0.15, 0.2) is 0 Å². The van der Waals surface area contributed by atoms with Crippen LogP contribution < -0.4 is 0 Å². The van der Waals surface area contributed by atoms with Crippen LogP contribution in [0.4, 0.5) is 0 Å². The number of likely N-dealkylation sites (N-methyl/N-ethyl adjacent to an activating group) is 1. The summed E-state index contributed by atoms with van der Waals surface area (Å²) in [5.41, 5.74) is 0. The van der Waals surface area contributed by atoms with Crippen molar-refractivity contribution in [3.8, 4) is 0 Å². The molecule has 0 aromatic heterocycles. The Morgan fingerprint density at radius 3 is 2.80 bits per heavy atom. The predicted octanol–water partition coefficient (Wildman–Crippen LogP) is 0.552. The lowest BCUT2D eigenvalue weighted by atomic mass is 9.76. The molecule has 5 unspecified atom stereocenters. The molecule has 0 aromatic carbocycles. The smallest absolute Gasteiger partial charge is 0.302 e. The van der Waals surface area contributed by atoms with E-state index in [0.717, 1.165) is 6.42 Å². The number of rotatable bonds is 1. The molecule has 5 heterocycles. The fourth-order valence-electron chi connectivity index (χ4n) is 3.44. The van der Waals surface area contributed by atoms with E-state index >= 15 is 0 Å². The van der Waals surface area contributed by atoms with Crippen LogP contribution in [0.5, 0.6) is 0 Å². The van der Waals surface area contributed by atoms with Crippen LogP contribution in [0.3, 0.4) is 0 Å². The molecule has 0 N–H and O–H groups in total. The number of esters is 1. The highest BCUT2D eigenvalue weighted by atomic mass is 16.6. The number of hydrogen-bond donors (Lipinski definition) is 0. The summed E-state index contributed by atoms with van der Waals surface area (Å²) in [5.74, 6) is -0.185. The molecule has 0 aliphatic carbocycles. The number of piperidine rings is 2. The minimum absolute atomic E-state index is 0.00903. The fourth-order valence-corrected chi connectivity index (χ4v) is 3.44. The number of fused-ring (bicyclic) bond motifs is 2. The molecule has 5 saturated heterocycles. The van der Waals surface area contributed by atoms with Gasteiger partial charge in [-0.15, -0.1) is 0 Å². The second-order valence-electron chi connectivity index (χ2n) is 4.90. The fraction of sp³-hybridized carbons (Fsp3) is 0.909. The Kier molecular flexibility index (Phi) is 2.04. The van der Waals surface area contributed by atoms with E-state index in [4.69, 9.17) is 9.47 Å². The summed E-state index contributed by atoms with van der Waals surface area (Å²) >= 11 is 0. The Labute approximate surface area is 89.5 Å². The van der Waals surface area contributed by atoms with Crippen molar-refractivity contribution < 1.29 is 14.3 Å². The Bertz CT molecular complexity index is 290. The monoisotopic (exact) mass is 211 g/mol. The van der Waals surface area contributed by atoms with Gasteiger partial charge in [-0.1, -0.05) is 0 Å². The van der Waals surface area contributed by atoms with Gasteiger partial charge in [-0.05, 0) is 19.9 Å². The van der Waals surface area contributed by atoms with Crippen LogP contribution in [0.25, 0.3) is 0 Å². The number of nitrogens with zero attached hydrogens (tertiary/aromatic N) is 1. The van der Waals surface area contributed by atoms with E-state index in [1.807, 2.05) is 0 Å². The Balaban J connectivity index is 1.81. The molecule has 5 rings (SSSR count). The third kappa shape index (κ3) is 1.31. The van der Waals surface area contributed by atoms with Crippen molar-refractivity contribution in [2.45, 2.75) is 56.6 Å². The first kappa shape index (κ1) is 9.60. The van der Waals surface area contributed by atoms with Gasteiger partial charge < -0.3 is 9.47 Å². The van der Waals surface area contributed by atoms with Crippen molar-refractivity contribution in [1.82, 2.24) is 4.90 Å². The molecule has 5 aliphatic rings. The minimum Gasteiger partial charge on any atom is -0.460 e. The van der Waals surface area contributed by atoms with E-state index in [0.29, 0.717) is 18.2 Å². The van der Waals surface area contributed by atoms with Crippen molar-refractivity contribution in [1.29, 1.82) is 0 Å². The molecule has 0 amide bonds. The van der Waals surface area contributed by atoms with Gasteiger partial charge >= 0.3 is 5.97 Å². The Morgan fingerprint density at radius 1 is 1.40 bits per heavy atom. The quantitative estimate of drug-likeness (QED) is 0.594. The molecule has 0 saturated carbocycles. The lowest BCUT2D eigenvalue weighted by molar-refractivity contribution is -0.259. The molecule has 5 aliphatic heterocycles. The second-order valence-corrected chi connectivity index (χ2v) is 4.90. The van der Waals surface area contributed by atoms with Gasteiger partial charge in [0.05, 0.1) is 6.10 Å². The van der Waals surface area contributed by atoms with Gasteiger partial charge in [0.2, 0.25) is 0 Å². The van der Waals surface area contributed by atoms with E-state index in [2.05, 4.69) is 11.9 Å². The summed E-state index contributed by atoms with van der Waals surface area (Å²) in [7, 11) is 2.17. The predicted molar refractivity (Wildman–Crippen MR) is 53.4 cm³/mol. The average Bonchev–Trinajstić information content (AvgIpc) is 2.19. The molecule has 84 valence electrons. The summed E-state index contributed by atoms with van der Waals surface area (Å²) in [6, 6.07) is 0.913. The Morgan fingerprint density at radius 2 is 2.20 bits per heavy atom. The van der Waals surface area contributed by atoms with Crippen molar-refractivity contribution >= 4 is 5.97 Å². The standard InChI is InChI=1S/C11H17NO3/c1-6(13)14-10-5-8-9-4-3-7(12(8)2)11(10)15-9/h7-11H,3-5H2,1-2H3. The number of carbonyl (C=O) groups excluding carboxylic acids is 1. The van der Waals surface area contributed by atoms with Crippen LogP contribution >= 0.6 is 0 Å². The maximum Gasteiger partial charge on any atom is 0.302 e. The molecular formula is C11H17NO3. The van der Waals surface area contributed by atoms with Gasteiger partial charge in [-0.25, -0.2) is 0 Å². The number of morpholine rings is 1. The molecule has 0 aromatic rings. The second kappa shape index (κ2) is 3.19. The van der Waals surface area contributed by atoms with Crippen molar-refractivity contribution in [3.05, 3.63) is 0 Å². The van der Waals surface area contributed by atoms with Crippen LogP contribution in [0, 0.1) is 0 Å². The molecule has 0 radical (unpaired) electrons. The average molecular weight is 211 g/mol. The van der Waals surface area contributed by atoms with Gasteiger partial charge in [-0.2, -0.15) is 0 Å². The zero-order chi connectivity index (χ0) is 10.6. The summed E-state index contributed by atoms with van der Waals surface area (Å²) in [4.78, 5) is 13.4. The van der Waals surface area contributed by atoms with Crippen molar-refractivity contribution in [3.63, 3.8) is 0 Å². The van der Waals surface area contributed by atoms with E-state index in [9.17, 15) is 4.79 Å². The first-order valence-electron chi connectivity index (χ1n) is 5.71. The summed E-state index contributed by atoms with van der Waals surface area (Å²) in [6.45, 7) is 1.48. The Hall–Kier alpha value is -0.610. The normalized spacial score (nSPS) is 48.3.